The van der Waals surface area contributed by atoms with E-state index in [-0.39, 0.29) is 11.3 Å². The quantitative estimate of drug-likeness (QED) is 0.396. The maximum Gasteiger partial charge on any atom is 0.295 e. The zero-order valence-corrected chi connectivity index (χ0v) is 18.6. The molecule has 0 aliphatic carbocycles. The van der Waals surface area contributed by atoms with Crippen molar-refractivity contribution in [2.45, 2.75) is 6.04 Å². The molecule has 0 aromatic heterocycles. The summed E-state index contributed by atoms with van der Waals surface area (Å²) in [6, 6.07) is 13.1. The van der Waals surface area contributed by atoms with Crippen molar-refractivity contribution in [2.24, 2.45) is 0 Å². The van der Waals surface area contributed by atoms with Gasteiger partial charge < -0.3 is 20.1 Å². The largest absolute Gasteiger partial charge is 0.507 e. The number of benzene rings is 2. The standard InChI is InChI=1S/C24H26ClN3O4/c1-32-19-8-4-17(5-9-19)22(29)20-21(16-2-6-18(25)7-3-16)28(24(31)23(20)30)15-14-27-12-10-26-11-13-27/h2-9,21,26,29H,10-15H2,1H3. The van der Waals surface area contributed by atoms with Crippen LogP contribution >= 0.6 is 11.6 Å². The smallest absolute Gasteiger partial charge is 0.295 e. The lowest BCUT2D eigenvalue weighted by atomic mass is 9.95. The van der Waals surface area contributed by atoms with Crippen LogP contribution in [0.1, 0.15) is 17.2 Å². The fourth-order valence-electron chi connectivity index (χ4n) is 4.19. The Morgan fingerprint density at radius 2 is 1.72 bits per heavy atom. The van der Waals surface area contributed by atoms with Crippen LogP contribution in [-0.4, -0.2) is 73.0 Å². The van der Waals surface area contributed by atoms with Gasteiger partial charge in [0, 0.05) is 49.9 Å². The fourth-order valence-corrected chi connectivity index (χ4v) is 4.32. The van der Waals surface area contributed by atoms with Crippen molar-refractivity contribution < 1.29 is 19.4 Å². The molecule has 2 fully saturated rings. The molecule has 0 bridgehead atoms. The molecule has 168 valence electrons. The predicted octanol–water partition coefficient (Wildman–Crippen LogP) is 2.68. The lowest BCUT2D eigenvalue weighted by molar-refractivity contribution is -0.140. The van der Waals surface area contributed by atoms with Gasteiger partial charge in [-0.05, 0) is 42.0 Å². The summed E-state index contributed by atoms with van der Waals surface area (Å²) in [7, 11) is 1.55. The van der Waals surface area contributed by atoms with Crippen molar-refractivity contribution in [3.05, 3.63) is 70.3 Å². The molecule has 4 rings (SSSR count). The zero-order valence-electron chi connectivity index (χ0n) is 17.9. The van der Waals surface area contributed by atoms with E-state index in [4.69, 9.17) is 16.3 Å². The summed E-state index contributed by atoms with van der Waals surface area (Å²) in [6.45, 7) is 4.62. The van der Waals surface area contributed by atoms with Crippen molar-refractivity contribution >= 4 is 29.1 Å². The molecule has 2 saturated heterocycles. The van der Waals surface area contributed by atoms with E-state index in [0.29, 0.717) is 29.4 Å². The first kappa shape index (κ1) is 22.3. The minimum Gasteiger partial charge on any atom is -0.507 e. The van der Waals surface area contributed by atoms with Crippen LogP contribution in [0.2, 0.25) is 5.02 Å². The third-order valence-corrected chi connectivity index (χ3v) is 6.21. The summed E-state index contributed by atoms with van der Waals surface area (Å²) in [5, 5.41) is 15.0. The van der Waals surface area contributed by atoms with Crippen LogP contribution in [-0.2, 0) is 9.59 Å². The number of Topliss-reactive ketones (excluding diaryl/α,β-unsaturated/α-hetero) is 1. The average Bonchev–Trinajstić information content (AvgIpc) is 3.08. The highest BCUT2D eigenvalue weighted by Crippen LogP contribution is 2.39. The Hall–Kier alpha value is -2.87. The molecule has 0 spiro atoms. The number of methoxy groups -OCH3 is 1. The molecule has 1 unspecified atom stereocenters. The molecule has 0 saturated carbocycles. The van der Waals surface area contributed by atoms with Crippen LogP contribution in [0.3, 0.4) is 0 Å². The van der Waals surface area contributed by atoms with Crippen molar-refractivity contribution in [1.29, 1.82) is 0 Å². The molecule has 32 heavy (non-hydrogen) atoms. The first-order valence-corrected chi connectivity index (χ1v) is 11.0. The molecular formula is C24H26ClN3O4. The molecular weight excluding hydrogens is 430 g/mol. The van der Waals surface area contributed by atoms with E-state index in [1.165, 1.54) is 0 Å². The molecule has 0 radical (unpaired) electrons. The van der Waals surface area contributed by atoms with Gasteiger partial charge in [-0.15, -0.1) is 0 Å². The van der Waals surface area contributed by atoms with Crippen LogP contribution < -0.4 is 10.1 Å². The number of likely N-dealkylation sites (tertiary alicyclic amines) is 1. The van der Waals surface area contributed by atoms with Crippen LogP contribution in [0.4, 0.5) is 0 Å². The summed E-state index contributed by atoms with van der Waals surface area (Å²) in [6.07, 6.45) is 0. The van der Waals surface area contributed by atoms with Crippen LogP contribution in [0, 0.1) is 0 Å². The fraction of sp³-hybridized carbons (Fsp3) is 0.333. The summed E-state index contributed by atoms with van der Waals surface area (Å²) in [5.41, 5.74) is 1.26. The topological polar surface area (TPSA) is 82.1 Å². The average molecular weight is 456 g/mol. The number of aliphatic hydroxyl groups excluding tert-OH is 1. The number of rotatable bonds is 6. The van der Waals surface area contributed by atoms with Gasteiger partial charge in [-0.1, -0.05) is 23.7 Å². The van der Waals surface area contributed by atoms with Crippen LogP contribution in [0.15, 0.2) is 54.1 Å². The Bertz CT molecular complexity index is 1010. The molecule has 2 aliphatic rings. The summed E-state index contributed by atoms with van der Waals surface area (Å²) < 4.78 is 5.17. The second-order valence-electron chi connectivity index (χ2n) is 7.86. The van der Waals surface area contributed by atoms with Gasteiger partial charge in [-0.3, -0.25) is 14.5 Å². The van der Waals surface area contributed by atoms with Gasteiger partial charge in [0.05, 0.1) is 18.7 Å². The normalized spacial score (nSPS) is 21.2. The van der Waals surface area contributed by atoms with E-state index in [1.54, 1.807) is 60.5 Å². The number of carbonyl (C=O) groups excluding carboxylic acids is 2. The Balaban J connectivity index is 1.71. The molecule has 1 amide bonds. The Kier molecular flexibility index (Phi) is 6.79. The maximum atomic E-state index is 13.1. The van der Waals surface area contributed by atoms with Crippen LogP contribution in [0.5, 0.6) is 5.75 Å². The van der Waals surface area contributed by atoms with E-state index in [2.05, 4.69) is 10.2 Å². The summed E-state index contributed by atoms with van der Waals surface area (Å²) in [4.78, 5) is 29.9. The number of carbonyl (C=O) groups is 2. The van der Waals surface area contributed by atoms with Gasteiger partial charge >= 0.3 is 0 Å². The Morgan fingerprint density at radius 1 is 1.06 bits per heavy atom. The number of aliphatic hydroxyl groups is 1. The summed E-state index contributed by atoms with van der Waals surface area (Å²) in [5.74, 6) is -0.850. The number of piperazine rings is 1. The lowest BCUT2D eigenvalue weighted by Crippen LogP contribution is -2.46. The number of nitrogens with one attached hydrogen (secondary N) is 1. The number of hydrogen-bond donors (Lipinski definition) is 2. The first-order valence-electron chi connectivity index (χ1n) is 10.6. The monoisotopic (exact) mass is 455 g/mol. The van der Waals surface area contributed by atoms with E-state index in [0.717, 1.165) is 31.7 Å². The highest BCUT2D eigenvalue weighted by Gasteiger charge is 2.46. The van der Waals surface area contributed by atoms with Crippen molar-refractivity contribution in [2.75, 3.05) is 46.4 Å². The van der Waals surface area contributed by atoms with Crippen molar-refractivity contribution in [3.8, 4) is 5.75 Å². The van der Waals surface area contributed by atoms with Gasteiger partial charge in [0.25, 0.3) is 11.7 Å². The third-order valence-electron chi connectivity index (χ3n) is 5.96. The first-order chi connectivity index (χ1) is 15.5. The van der Waals surface area contributed by atoms with Gasteiger partial charge in [-0.25, -0.2) is 0 Å². The number of ketones is 1. The highest BCUT2D eigenvalue weighted by molar-refractivity contribution is 6.46. The molecule has 8 heteroatoms. The van der Waals surface area contributed by atoms with E-state index < -0.39 is 17.7 Å². The summed E-state index contributed by atoms with van der Waals surface area (Å²) >= 11 is 6.06. The minimum atomic E-state index is -0.683. The van der Waals surface area contributed by atoms with Gasteiger partial charge in [0.15, 0.2) is 0 Å². The van der Waals surface area contributed by atoms with Gasteiger partial charge in [0.2, 0.25) is 0 Å². The van der Waals surface area contributed by atoms with Gasteiger partial charge in [0.1, 0.15) is 11.5 Å². The minimum absolute atomic E-state index is 0.0859. The molecule has 2 N–H and O–H groups in total. The van der Waals surface area contributed by atoms with E-state index in [1.807, 2.05) is 0 Å². The predicted molar refractivity (Wildman–Crippen MR) is 123 cm³/mol. The molecule has 2 aliphatic heterocycles. The van der Waals surface area contributed by atoms with E-state index in [9.17, 15) is 14.7 Å². The molecule has 1 atom stereocenters. The number of nitrogens with zero attached hydrogens (tertiary/aromatic N) is 2. The second-order valence-corrected chi connectivity index (χ2v) is 8.30. The third kappa shape index (κ3) is 4.50. The zero-order chi connectivity index (χ0) is 22.7. The van der Waals surface area contributed by atoms with Crippen molar-refractivity contribution in [1.82, 2.24) is 15.1 Å². The lowest BCUT2D eigenvalue weighted by Gasteiger charge is -2.31. The molecule has 2 aromatic carbocycles. The number of halogens is 1. The molecule has 2 aromatic rings. The van der Waals surface area contributed by atoms with E-state index >= 15 is 0 Å². The maximum absolute atomic E-state index is 13.1. The number of ether oxygens (including phenoxy) is 1. The molecule has 2 heterocycles. The van der Waals surface area contributed by atoms with Gasteiger partial charge in [-0.2, -0.15) is 0 Å². The second kappa shape index (κ2) is 9.73. The Morgan fingerprint density at radius 3 is 2.34 bits per heavy atom. The number of hydrogen-bond acceptors (Lipinski definition) is 6. The highest BCUT2D eigenvalue weighted by atomic mass is 35.5. The molecule has 7 nitrogen and oxygen atoms in total. The Labute approximate surface area is 192 Å². The van der Waals surface area contributed by atoms with Crippen LogP contribution in [0.25, 0.3) is 5.76 Å². The van der Waals surface area contributed by atoms with Crippen molar-refractivity contribution in [3.63, 3.8) is 0 Å². The SMILES string of the molecule is COc1ccc(C(O)=C2C(=O)C(=O)N(CCN3CCNCC3)C2c2ccc(Cl)cc2)cc1. The number of amides is 1.